The highest BCUT2D eigenvalue weighted by molar-refractivity contribution is 6.42. The number of hydrogen-bond donors (Lipinski definition) is 1. The largest absolute Gasteiger partial charge is 0.352 e. The van der Waals surface area contributed by atoms with Crippen LogP contribution in [0.2, 0.25) is 10.0 Å². The van der Waals surface area contributed by atoms with Gasteiger partial charge in [0.2, 0.25) is 11.8 Å². The van der Waals surface area contributed by atoms with Gasteiger partial charge in [-0.05, 0) is 43.0 Å². The average molecular weight is 435 g/mol. The van der Waals surface area contributed by atoms with Crippen molar-refractivity contribution in [3.8, 4) is 0 Å². The maximum Gasteiger partial charge on any atom is 0.243 e. The molecule has 0 aliphatic carbocycles. The van der Waals surface area contributed by atoms with Crippen molar-refractivity contribution >= 4 is 35.0 Å². The minimum atomic E-state index is -0.542. The average Bonchev–Trinajstić information content (AvgIpc) is 2.71. The van der Waals surface area contributed by atoms with Crippen LogP contribution in [0.1, 0.15) is 44.7 Å². The summed E-state index contributed by atoms with van der Waals surface area (Å²) in [5, 5.41) is 3.87. The number of nitrogens with one attached hydrogen (secondary N) is 1. The fraction of sp³-hybridized carbons (Fsp3) is 0.391. The van der Waals surface area contributed by atoms with Gasteiger partial charge in [0, 0.05) is 12.6 Å². The van der Waals surface area contributed by atoms with Crippen molar-refractivity contribution in [1.29, 1.82) is 0 Å². The summed E-state index contributed by atoms with van der Waals surface area (Å²) in [4.78, 5) is 27.8. The van der Waals surface area contributed by atoms with Gasteiger partial charge in [-0.25, -0.2) is 0 Å². The van der Waals surface area contributed by atoms with Gasteiger partial charge in [-0.2, -0.15) is 0 Å². The second-order valence-electron chi connectivity index (χ2n) is 7.17. The lowest BCUT2D eigenvalue weighted by atomic mass is 10.1. The number of rotatable bonds is 9. The lowest BCUT2D eigenvalue weighted by molar-refractivity contribution is -0.141. The Morgan fingerprint density at radius 1 is 0.966 bits per heavy atom. The number of halogens is 2. The molecule has 0 saturated heterocycles. The second-order valence-corrected chi connectivity index (χ2v) is 7.99. The van der Waals surface area contributed by atoms with Crippen molar-refractivity contribution in [3.63, 3.8) is 0 Å². The maximum absolute atomic E-state index is 13.2. The van der Waals surface area contributed by atoms with Gasteiger partial charge in [-0.1, -0.05) is 73.4 Å². The molecule has 2 aromatic rings. The molecule has 0 bridgehead atoms. The van der Waals surface area contributed by atoms with Crippen molar-refractivity contribution in [2.24, 2.45) is 0 Å². The van der Waals surface area contributed by atoms with Crippen molar-refractivity contribution in [1.82, 2.24) is 10.2 Å². The monoisotopic (exact) mass is 434 g/mol. The van der Waals surface area contributed by atoms with Crippen LogP contribution in [0.3, 0.4) is 0 Å². The Kier molecular flexibility index (Phi) is 8.99. The summed E-state index contributed by atoms with van der Waals surface area (Å²) < 4.78 is 0. The Morgan fingerprint density at radius 2 is 1.66 bits per heavy atom. The molecule has 0 radical (unpaired) electrons. The first-order chi connectivity index (χ1) is 13.8. The summed E-state index contributed by atoms with van der Waals surface area (Å²) in [6, 6.07) is 14.4. The molecular formula is C23H28Cl2N2O2. The van der Waals surface area contributed by atoms with Crippen molar-refractivity contribution in [2.75, 3.05) is 0 Å². The molecule has 29 heavy (non-hydrogen) atoms. The summed E-state index contributed by atoms with van der Waals surface area (Å²) in [6.07, 6.45) is 1.51. The molecule has 156 valence electrons. The van der Waals surface area contributed by atoms with Gasteiger partial charge in [-0.15, -0.1) is 0 Å². The van der Waals surface area contributed by atoms with Gasteiger partial charge in [0.1, 0.15) is 6.04 Å². The summed E-state index contributed by atoms with van der Waals surface area (Å²) in [5.74, 6) is -0.251. The molecule has 0 spiro atoms. The first kappa shape index (κ1) is 23.2. The van der Waals surface area contributed by atoms with E-state index < -0.39 is 6.04 Å². The Labute approximate surface area is 183 Å². The smallest absolute Gasteiger partial charge is 0.243 e. The fourth-order valence-corrected chi connectivity index (χ4v) is 3.39. The molecule has 2 atom stereocenters. The highest BCUT2D eigenvalue weighted by atomic mass is 35.5. The number of carbonyl (C=O) groups excluding carboxylic acids is 2. The van der Waals surface area contributed by atoms with Gasteiger partial charge in [0.05, 0.1) is 16.5 Å². The van der Waals surface area contributed by atoms with Crippen LogP contribution in [0.15, 0.2) is 48.5 Å². The number of hydrogen-bond acceptors (Lipinski definition) is 2. The van der Waals surface area contributed by atoms with Crippen molar-refractivity contribution in [3.05, 3.63) is 69.7 Å². The molecule has 1 N–H and O–H groups in total. The Bertz CT molecular complexity index is 827. The lowest BCUT2D eigenvalue weighted by Crippen LogP contribution is -2.51. The minimum Gasteiger partial charge on any atom is -0.352 e. The molecule has 0 saturated carbocycles. The van der Waals surface area contributed by atoms with E-state index in [-0.39, 0.29) is 24.3 Å². The Hall–Kier alpha value is -2.04. The Morgan fingerprint density at radius 3 is 2.24 bits per heavy atom. The summed E-state index contributed by atoms with van der Waals surface area (Å²) in [6.45, 7) is 6.27. The zero-order valence-electron chi connectivity index (χ0n) is 17.1. The van der Waals surface area contributed by atoms with E-state index in [2.05, 4.69) is 5.32 Å². The van der Waals surface area contributed by atoms with E-state index in [0.717, 1.165) is 17.5 Å². The van der Waals surface area contributed by atoms with Crippen LogP contribution in [0, 0.1) is 0 Å². The predicted octanol–water partition coefficient (Wildman–Crippen LogP) is 5.26. The normalized spacial score (nSPS) is 12.9. The molecule has 6 heteroatoms. The third-order valence-corrected chi connectivity index (χ3v) is 5.66. The number of amides is 2. The van der Waals surface area contributed by atoms with E-state index in [4.69, 9.17) is 23.2 Å². The van der Waals surface area contributed by atoms with E-state index in [9.17, 15) is 9.59 Å². The highest BCUT2D eigenvalue weighted by Crippen LogP contribution is 2.23. The van der Waals surface area contributed by atoms with Gasteiger partial charge >= 0.3 is 0 Å². The van der Waals surface area contributed by atoms with E-state index in [1.807, 2.05) is 51.1 Å². The number of carbonyl (C=O) groups is 2. The van der Waals surface area contributed by atoms with Gasteiger partial charge in [0.15, 0.2) is 0 Å². The summed E-state index contributed by atoms with van der Waals surface area (Å²) in [5.41, 5.74) is 1.74. The number of nitrogens with zero attached hydrogens (tertiary/aromatic N) is 1. The zero-order valence-corrected chi connectivity index (χ0v) is 18.6. The van der Waals surface area contributed by atoms with Crippen LogP contribution in [0.5, 0.6) is 0 Å². The van der Waals surface area contributed by atoms with Crippen LogP contribution in [-0.2, 0) is 22.6 Å². The second kappa shape index (κ2) is 11.2. The summed E-state index contributed by atoms with van der Waals surface area (Å²) >= 11 is 12.1. The Balaban J connectivity index is 2.27. The van der Waals surface area contributed by atoms with Gasteiger partial charge in [0.25, 0.3) is 0 Å². The molecule has 4 nitrogen and oxygen atoms in total. The molecular weight excluding hydrogens is 407 g/mol. The fourth-order valence-electron chi connectivity index (χ4n) is 3.07. The van der Waals surface area contributed by atoms with Crippen LogP contribution in [0.25, 0.3) is 0 Å². The van der Waals surface area contributed by atoms with Crippen LogP contribution < -0.4 is 5.32 Å². The molecule has 0 aromatic heterocycles. The zero-order chi connectivity index (χ0) is 21.4. The molecule has 0 heterocycles. The summed E-state index contributed by atoms with van der Waals surface area (Å²) in [7, 11) is 0. The molecule has 0 fully saturated rings. The molecule has 2 rings (SSSR count). The molecule has 0 unspecified atom stereocenters. The SMILES string of the molecule is CC[C@@H](C)NC(=O)[C@@H](CC)N(Cc1ccccc1)C(=O)Cc1ccc(Cl)c(Cl)c1. The third-order valence-electron chi connectivity index (χ3n) is 4.92. The van der Waals surface area contributed by atoms with Gasteiger partial charge in [-0.3, -0.25) is 9.59 Å². The third kappa shape index (κ3) is 6.76. The molecule has 0 aliphatic heterocycles. The molecule has 2 amide bonds. The standard InChI is InChI=1S/C23H28Cl2N2O2/c1-4-16(3)26-23(29)21(5-2)27(15-17-9-7-6-8-10-17)22(28)14-18-11-12-19(24)20(25)13-18/h6-13,16,21H,4-5,14-15H2,1-3H3,(H,26,29)/t16-,21-/m1/s1. The first-order valence-electron chi connectivity index (χ1n) is 9.93. The minimum absolute atomic E-state index is 0.0558. The molecule has 0 aliphatic rings. The molecule has 2 aromatic carbocycles. The van der Waals surface area contributed by atoms with E-state index in [1.165, 1.54) is 0 Å². The quantitative estimate of drug-likeness (QED) is 0.584. The van der Waals surface area contributed by atoms with Crippen LogP contribution >= 0.6 is 23.2 Å². The topological polar surface area (TPSA) is 49.4 Å². The number of benzene rings is 2. The van der Waals surface area contributed by atoms with Crippen molar-refractivity contribution in [2.45, 2.75) is 58.7 Å². The first-order valence-corrected chi connectivity index (χ1v) is 10.7. The van der Waals surface area contributed by atoms with E-state index in [1.54, 1.807) is 23.1 Å². The van der Waals surface area contributed by atoms with Crippen LogP contribution in [0.4, 0.5) is 0 Å². The van der Waals surface area contributed by atoms with E-state index >= 15 is 0 Å². The lowest BCUT2D eigenvalue weighted by Gasteiger charge is -2.31. The van der Waals surface area contributed by atoms with Gasteiger partial charge < -0.3 is 10.2 Å². The van der Waals surface area contributed by atoms with E-state index in [0.29, 0.717) is 23.0 Å². The maximum atomic E-state index is 13.2. The highest BCUT2D eigenvalue weighted by Gasteiger charge is 2.29. The predicted molar refractivity (Wildman–Crippen MR) is 119 cm³/mol. The van der Waals surface area contributed by atoms with Crippen molar-refractivity contribution < 1.29 is 9.59 Å². The van der Waals surface area contributed by atoms with Crippen LogP contribution in [-0.4, -0.2) is 28.8 Å².